The number of amides is 3. The third-order valence-electron chi connectivity index (χ3n) is 5.96. The van der Waals surface area contributed by atoms with Crippen molar-refractivity contribution in [3.05, 3.63) is 82.7 Å². The summed E-state index contributed by atoms with van der Waals surface area (Å²) in [7, 11) is 0. The quantitative estimate of drug-likeness (QED) is 0.374. The highest BCUT2D eigenvalue weighted by Crippen LogP contribution is 2.25. The maximum Gasteiger partial charge on any atom is 0.262 e. The standard InChI is InChI=1S/C26H24N4O3S/c31-24-11-4-12-30(24)19-7-3-6-18(15-19)28-25(32)22(29-26(33)23-10-5-13-34-23)14-17-16-27-21-9-2-1-8-20(17)21/h1-3,5-10,13,15-16,22,27H,4,11-12,14H2,(H,28,32)(H,29,33)/t22-/m0/s1. The van der Waals surface area contributed by atoms with Crippen LogP contribution in [0.15, 0.2) is 72.2 Å². The second-order valence-corrected chi connectivity index (χ2v) is 9.20. The van der Waals surface area contributed by atoms with Gasteiger partial charge in [0.1, 0.15) is 6.04 Å². The summed E-state index contributed by atoms with van der Waals surface area (Å²) < 4.78 is 0. The number of anilines is 2. The van der Waals surface area contributed by atoms with Gasteiger partial charge in [-0.25, -0.2) is 0 Å². The smallest absolute Gasteiger partial charge is 0.262 e. The van der Waals surface area contributed by atoms with Crippen LogP contribution in [0.1, 0.15) is 28.1 Å². The molecule has 1 aliphatic heterocycles. The Morgan fingerprint density at radius 2 is 1.97 bits per heavy atom. The van der Waals surface area contributed by atoms with Gasteiger partial charge in [0, 0.05) is 47.9 Å². The number of carbonyl (C=O) groups excluding carboxylic acids is 3. The molecule has 1 fully saturated rings. The van der Waals surface area contributed by atoms with Gasteiger partial charge < -0.3 is 20.5 Å². The number of benzene rings is 2. The number of rotatable bonds is 7. The Morgan fingerprint density at radius 3 is 2.76 bits per heavy atom. The van der Waals surface area contributed by atoms with Crippen LogP contribution in [0.25, 0.3) is 10.9 Å². The van der Waals surface area contributed by atoms with E-state index in [-0.39, 0.29) is 17.7 Å². The third-order valence-corrected chi connectivity index (χ3v) is 6.83. The minimum atomic E-state index is -0.786. The molecule has 4 aromatic rings. The van der Waals surface area contributed by atoms with Gasteiger partial charge in [0.15, 0.2) is 0 Å². The van der Waals surface area contributed by atoms with Gasteiger partial charge in [0.2, 0.25) is 11.8 Å². The molecule has 0 unspecified atom stereocenters. The first kappa shape index (κ1) is 21.9. The van der Waals surface area contributed by atoms with Gasteiger partial charge in [-0.2, -0.15) is 0 Å². The average molecular weight is 473 g/mol. The van der Waals surface area contributed by atoms with Crippen LogP contribution in [0, 0.1) is 0 Å². The summed E-state index contributed by atoms with van der Waals surface area (Å²) in [6.07, 6.45) is 3.58. The zero-order valence-corrected chi connectivity index (χ0v) is 19.2. The Hall–Kier alpha value is -3.91. The Balaban J connectivity index is 1.38. The summed E-state index contributed by atoms with van der Waals surface area (Å²) in [6, 6.07) is 17.9. The van der Waals surface area contributed by atoms with Crippen LogP contribution in [0.4, 0.5) is 11.4 Å². The van der Waals surface area contributed by atoms with E-state index in [2.05, 4.69) is 15.6 Å². The molecule has 7 nitrogen and oxygen atoms in total. The average Bonchev–Trinajstić information content (AvgIpc) is 3.60. The van der Waals surface area contributed by atoms with Crippen LogP contribution in [0.5, 0.6) is 0 Å². The topological polar surface area (TPSA) is 94.3 Å². The number of carbonyl (C=O) groups is 3. The molecule has 2 aromatic heterocycles. The SMILES string of the molecule is O=C(N[C@@H](Cc1c[nH]c2ccccc12)C(=O)Nc1cccc(N2CCCC2=O)c1)c1cccs1. The first-order valence-corrected chi connectivity index (χ1v) is 12.1. The molecule has 0 saturated carbocycles. The van der Waals surface area contributed by atoms with E-state index in [1.165, 1.54) is 11.3 Å². The van der Waals surface area contributed by atoms with Crippen LogP contribution in [0.3, 0.4) is 0 Å². The molecule has 0 aliphatic carbocycles. The molecule has 0 bridgehead atoms. The fourth-order valence-electron chi connectivity index (χ4n) is 4.27. The van der Waals surface area contributed by atoms with Gasteiger partial charge in [0.25, 0.3) is 5.91 Å². The fourth-order valence-corrected chi connectivity index (χ4v) is 4.90. The summed E-state index contributed by atoms with van der Waals surface area (Å²) in [5.41, 5.74) is 3.26. The highest BCUT2D eigenvalue weighted by atomic mass is 32.1. The van der Waals surface area contributed by atoms with Crippen molar-refractivity contribution in [1.82, 2.24) is 10.3 Å². The van der Waals surface area contributed by atoms with Gasteiger partial charge >= 0.3 is 0 Å². The van der Waals surface area contributed by atoms with Crippen molar-refractivity contribution in [2.75, 3.05) is 16.8 Å². The first-order valence-electron chi connectivity index (χ1n) is 11.2. The second kappa shape index (κ2) is 9.52. The number of thiophene rings is 1. The molecule has 8 heteroatoms. The summed E-state index contributed by atoms with van der Waals surface area (Å²) in [6.45, 7) is 0.677. The predicted molar refractivity (Wildman–Crippen MR) is 134 cm³/mol. The lowest BCUT2D eigenvalue weighted by atomic mass is 10.0. The van der Waals surface area contributed by atoms with Crippen LogP contribution in [-0.2, 0) is 16.0 Å². The van der Waals surface area contributed by atoms with Gasteiger partial charge in [-0.1, -0.05) is 30.3 Å². The Labute approximate surface area is 200 Å². The monoisotopic (exact) mass is 472 g/mol. The second-order valence-electron chi connectivity index (χ2n) is 8.26. The summed E-state index contributed by atoms with van der Waals surface area (Å²) >= 11 is 1.33. The van der Waals surface area contributed by atoms with E-state index in [9.17, 15) is 14.4 Å². The highest BCUT2D eigenvalue weighted by molar-refractivity contribution is 7.12. The minimum absolute atomic E-state index is 0.0869. The zero-order chi connectivity index (χ0) is 23.5. The Bertz CT molecular complexity index is 1350. The van der Waals surface area contributed by atoms with E-state index in [1.54, 1.807) is 29.2 Å². The molecule has 3 N–H and O–H groups in total. The number of nitrogens with zero attached hydrogens (tertiary/aromatic N) is 1. The number of para-hydroxylation sites is 1. The summed E-state index contributed by atoms with van der Waals surface area (Å²) in [5.74, 6) is -0.518. The summed E-state index contributed by atoms with van der Waals surface area (Å²) in [4.78, 5) is 43.8. The van der Waals surface area contributed by atoms with Crippen LogP contribution in [0.2, 0.25) is 0 Å². The maximum absolute atomic E-state index is 13.4. The maximum atomic E-state index is 13.4. The first-order chi connectivity index (χ1) is 16.6. The molecule has 0 spiro atoms. The molecule has 0 radical (unpaired) electrons. The molecule has 5 rings (SSSR count). The highest BCUT2D eigenvalue weighted by Gasteiger charge is 2.25. The van der Waals surface area contributed by atoms with Crippen molar-refractivity contribution in [2.24, 2.45) is 0 Å². The Morgan fingerprint density at radius 1 is 1.09 bits per heavy atom. The van der Waals surface area contributed by atoms with E-state index >= 15 is 0 Å². The number of fused-ring (bicyclic) bond motifs is 1. The molecule has 3 amide bonds. The summed E-state index contributed by atoms with van der Waals surface area (Å²) in [5, 5.41) is 8.68. The van der Waals surface area contributed by atoms with Crippen LogP contribution >= 0.6 is 11.3 Å². The minimum Gasteiger partial charge on any atom is -0.361 e. The number of aromatic amines is 1. The molecule has 1 aliphatic rings. The lowest BCUT2D eigenvalue weighted by Crippen LogP contribution is -2.45. The Kier molecular flexibility index (Phi) is 6.14. The molecular weight excluding hydrogens is 448 g/mol. The molecule has 1 saturated heterocycles. The molecular formula is C26H24N4O3S. The van der Waals surface area contributed by atoms with E-state index in [0.717, 1.165) is 28.6 Å². The van der Waals surface area contributed by atoms with E-state index in [1.807, 2.05) is 48.0 Å². The van der Waals surface area contributed by atoms with Crippen molar-refractivity contribution >= 4 is 51.3 Å². The van der Waals surface area contributed by atoms with Gasteiger partial charge in [-0.05, 0) is 47.7 Å². The normalized spacial score (nSPS) is 14.4. The molecule has 34 heavy (non-hydrogen) atoms. The molecule has 1 atom stereocenters. The number of aromatic nitrogens is 1. The predicted octanol–water partition coefficient (Wildman–Crippen LogP) is 4.34. The van der Waals surface area contributed by atoms with Crippen molar-refractivity contribution in [3.63, 3.8) is 0 Å². The molecule has 3 heterocycles. The van der Waals surface area contributed by atoms with E-state index in [4.69, 9.17) is 0 Å². The lowest BCUT2D eigenvalue weighted by Gasteiger charge is -2.20. The van der Waals surface area contributed by atoms with Crippen molar-refractivity contribution in [3.8, 4) is 0 Å². The number of nitrogens with one attached hydrogen (secondary N) is 3. The number of H-pyrrole nitrogens is 1. The van der Waals surface area contributed by atoms with Crippen molar-refractivity contribution in [1.29, 1.82) is 0 Å². The van der Waals surface area contributed by atoms with Gasteiger partial charge in [0.05, 0.1) is 4.88 Å². The third kappa shape index (κ3) is 4.58. The van der Waals surface area contributed by atoms with Crippen LogP contribution in [-0.4, -0.2) is 35.3 Å². The fraction of sp³-hybridized carbons (Fsp3) is 0.192. The number of hydrogen-bond donors (Lipinski definition) is 3. The lowest BCUT2D eigenvalue weighted by molar-refractivity contribution is -0.118. The molecule has 2 aromatic carbocycles. The van der Waals surface area contributed by atoms with Gasteiger partial charge in [-0.3, -0.25) is 14.4 Å². The zero-order valence-electron chi connectivity index (χ0n) is 18.4. The van der Waals surface area contributed by atoms with Crippen molar-refractivity contribution in [2.45, 2.75) is 25.3 Å². The van der Waals surface area contributed by atoms with E-state index < -0.39 is 6.04 Å². The van der Waals surface area contributed by atoms with E-state index in [0.29, 0.717) is 30.0 Å². The van der Waals surface area contributed by atoms with Gasteiger partial charge in [-0.15, -0.1) is 11.3 Å². The van der Waals surface area contributed by atoms with Crippen LogP contribution < -0.4 is 15.5 Å². The van der Waals surface area contributed by atoms with Crippen molar-refractivity contribution < 1.29 is 14.4 Å². The number of hydrogen-bond acceptors (Lipinski definition) is 4. The molecule has 172 valence electrons. The largest absolute Gasteiger partial charge is 0.361 e.